The van der Waals surface area contributed by atoms with Gasteiger partial charge in [-0.05, 0) is 43.3 Å². The van der Waals surface area contributed by atoms with Crippen LogP contribution in [0.1, 0.15) is 27.2 Å². The van der Waals surface area contributed by atoms with Crippen molar-refractivity contribution in [3.63, 3.8) is 0 Å². The summed E-state index contributed by atoms with van der Waals surface area (Å²) < 4.78 is 40.6. The summed E-state index contributed by atoms with van der Waals surface area (Å²) in [4.78, 5) is 27.3. The maximum absolute atomic E-state index is 15.1. The number of rotatable bonds is 5. The quantitative estimate of drug-likeness (QED) is 0.421. The molecule has 0 unspecified atom stereocenters. The largest absolute Gasteiger partial charge is 0.477 e. The van der Waals surface area contributed by atoms with Gasteiger partial charge in [0.25, 0.3) is 5.56 Å². The molecule has 10 heteroatoms. The van der Waals surface area contributed by atoms with Crippen molar-refractivity contribution >= 4 is 26.7 Å². The highest BCUT2D eigenvalue weighted by Crippen LogP contribution is 2.35. The number of fused-ring (bicyclic) bond motifs is 1. The Morgan fingerprint density at radius 2 is 1.97 bits per heavy atom. The zero-order chi connectivity index (χ0) is 24.8. The number of aryl methyl sites for hydroxylation is 1. The van der Waals surface area contributed by atoms with Gasteiger partial charge in [0, 0.05) is 40.0 Å². The second kappa shape index (κ2) is 8.28. The van der Waals surface area contributed by atoms with Crippen LogP contribution in [0.15, 0.2) is 58.4 Å². The van der Waals surface area contributed by atoms with Crippen LogP contribution in [0, 0.1) is 24.1 Å². The van der Waals surface area contributed by atoms with Gasteiger partial charge in [0.05, 0.1) is 17.0 Å². The smallest absolute Gasteiger partial charge is 0.353 e. The highest BCUT2D eigenvalue weighted by molar-refractivity contribution is 7.90. The molecule has 2 aromatic heterocycles. The Labute approximate surface area is 193 Å². The first-order valence-corrected chi connectivity index (χ1v) is 11.9. The van der Waals surface area contributed by atoms with Gasteiger partial charge in [0.15, 0.2) is 9.84 Å². The van der Waals surface area contributed by atoms with Gasteiger partial charge in [-0.1, -0.05) is 11.6 Å². The van der Waals surface area contributed by atoms with E-state index in [1.54, 1.807) is 30.3 Å². The number of carboxylic acid groups (broad SMARTS) is 1. The van der Waals surface area contributed by atoms with Crippen LogP contribution < -0.4 is 5.56 Å². The third kappa shape index (κ3) is 3.86. The molecule has 8 nitrogen and oxygen atoms in total. The van der Waals surface area contributed by atoms with Crippen LogP contribution in [-0.2, 0) is 16.4 Å². The molecule has 172 valence electrons. The zero-order valence-electron chi connectivity index (χ0n) is 18.1. The molecule has 34 heavy (non-hydrogen) atoms. The lowest BCUT2D eigenvalue weighted by Gasteiger charge is -2.12. The minimum Gasteiger partial charge on any atom is -0.477 e. The molecule has 0 fully saturated rings. The summed E-state index contributed by atoms with van der Waals surface area (Å²) in [6.07, 6.45) is 2.35. The monoisotopic (exact) mass is 479 g/mol. The molecule has 0 spiro atoms. The second-order valence-electron chi connectivity index (χ2n) is 7.88. The van der Waals surface area contributed by atoms with Gasteiger partial charge in [-0.15, -0.1) is 0 Å². The van der Waals surface area contributed by atoms with Gasteiger partial charge in [-0.2, -0.15) is 5.26 Å². The van der Waals surface area contributed by atoms with Crippen LogP contribution in [0.3, 0.4) is 0 Å². The Morgan fingerprint density at radius 1 is 1.24 bits per heavy atom. The molecule has 4 aromatic rings. The van der Waals surface area contributed by atoms with E-state index < -0.39 is 32.7 Å². The second-order valence-corrected chi connectivity index (χ2v) is 9.89. The van der Waals surface area contributed by atoms with E-state index in [2.05, 4.69) is 4.98 Å². The van der Waals surface area contributed by atoms with Crippen molar-refractivity contribution < 1.29 is 22.7 Å². The van der Waals surface area contributed by atoms with Crippen LogP contribution in [0.2, 0.25) is 0 Å². The molecule has 2 N–H and O–H groups in total. The lowest BCUT2D eigenvalue weighted by Crippen LogP contribution is -2.14. The maximum Gasteiger partial charge on any atom is 0.353 e. The van der Waals surface area contributed by atoms with Crippen LogP contribution in [0.25, 0.3) is 22.0 Å². The molecule has 0 aliphatic carbocycles. The van der Waals surface area contributed by atoms with Crippen LogP contribution >= 0.6 is 0 Å². The number of sulfone groups is 1. The van der Waals surface area contributed by atoms with Crippen LogP contribution in [-0.4, -0.2) is 35.3 Å². The topological polar surface area (TPSA) is 133 Å². The Kier molecular flexibility index (Phi) is 5.59. The van der Waals surface area contributed by atoms with E-state index in [1.807, 2.05) is 6.92 Å². The summed E-state index contributed by atoms with van der Waals surface area (Å²) >= 11 is 0. The maximum atomic E-state index is 15.1. The van der Waals surface area contributed by atoms with Crippen molar-refractivity contribution in [2.75, 3.05) is 6.26 Å². The lowest BCUT2D eigenvalue weighted by atomic mass is 10.0. The van der Waals surface area contributed by atoms with E-state index >= 15 is 4.39 Å². The Balaban J connectivity index is 2.09. The predicted octanol–water partition coefficient (Wildman–Crippen LogP) is 3.47. The van der Waals surface area contributed by atoms with Gasteiger partial charge in [-0.25, -0.2) is 17.6 Å². The summed E-state index contributed by atoms with van der Waals surface area (Å²) in [5.74, 6) is -2.30. The number of nitrogens with zero attached hydrogens (tertiary/aromatic N) is 2. The van der Waals surface area contributed by atoms with E-state index in [0.29, 0.717) is 10.9 Å². The van der Waals surface area contributed by atoms with Crippen LogP contribution in [0.4, 0.5) is 4.39 Å². The van der Waals surface area contributed by atoms with Crippen molar-refractivity contribution in [2.45, 2.75) is 18.4 Å². The molecule has 0 bridgehead atoms. The van der Waals surface area contributed by atoms with E-state index in [-0.39, 0.29) is 33.8 Å². The molecule has 0 aliphatic heterocycles. The number of aromatic carboxylic acids is 1. The third-order valence-electron chi connectivity index (χ3n) is 5.51. The first-order chi connectivity index (χ1) is 16.0. The number of carbonyl (C=O) groups is 1. The molecule has 0 radical (unpaired) electrons. The number of benzene rings is 2. The van der Waals surface area contributed by atoms with Crippen LogP contribution in [0.5, 0.6) is 0 Å². The average Bonchev–Trinajstić information content (AvgIpc) is 3.08. The van der Waals surface area contributed by atoms with E-state index in [0.717, 1.165) is 24.0 Å². The number of H-pyrrole nitrogens is 1. The van der Waals surface area contributed by atoms with Gasteiger partial charge in [0.2, 0.25) is 0 Å². The predicted molar refractivity (Wildman–Crippen MR) is 123 cm³/mol. The van der Waals surface area contributed by atoms with Crippen molar-refractivity contribution in [1.29, 1.82) is 5.26 Å². The van der Waals surface area contributed by atoms with Crippen molar-refractivity contribution in [3.8, 4) is 17.2 Å². The fourth-order valence-corrected chi connectivity index (χ4v) is 4.67. The first kappa shape index (κ1) is 22.9. The standard InChI is InChI=1S/C24H18FN3O5S/c1-13-5-6-19-18(8-13)20(17-4-3-7-27-23(17)29)22(24(30)31)28(19)12-15-10-16(34(2,32)33)9-14(11-26)21(15)25/h3-10H,12H2,1-2H3,(H,27,29)(H,30,31). The summed E-state index contributed by atoms with van der Waals surface area (Å²) in [6.45, 7) is 1.43. The summed E-state index contributed by atoms with van der Waals surface area (Å²) in [5.41, 5.74) is 0.0963. The first-order valence-electron chi connectivity index (χ1n) is 9.99. The molecule has 0 amide bonds. The minimum absolute atomic E-state index is 0.123. The summed E-state index contributed by atoms with van der Waals surface area (Å²) in [6, 6.07) is 11.9. The molecule has 4 rings (SSSR count). The SMILES string of the molecule is Cc1ccc2c(c1)c(-c1ccc[nH]c1=O)c(C(=O)O)n2Cc1cc(S(C)(=O)=O)cc(C#N)c1F. The molecular weight excluding hydrogens is 461 g/mol. The number of nitriles is 1. The van der Waals surface area contributed by atoms with E-state index in [1.165, 1.54) is 16.8 Å². The van der Waals surface area contributed by atoms with Gasteiger partial charge < -0.3 is 14.7 Å². The number of halogens is 1. The average molecular weight is 479 g/mol. The van der Waals surface area contributed by atoms with E-state index in [4.69, 9.17) is 0 Å². The normalized spacial score (nSPS) is 11.5. The number of aromatic amines is 1. The highest BCUT2D eigenvalue weighted by atomic mass is 32.2. The van der Waals surface area contributed by atoms with Crippen molar-refractivity contribution in [3.05, 3.63) is 87.2 Å². The van der Waals surface area contributed by atoms with Gasteiger partial charge >= 0.3 is 5.97 Å². The zero-order valence-corrected chi connectivity index (χ0v) is 18.9. The molecule has 2 heterocycles. The summed E-state index contributed by atoms with van der Waals surface area (Å²) in [5, 5.41) is 19.9. The summed E-state index contributed by atoms with van der Waals surface area (Å²) in [7, 11) is -3.77. The van der Waals surface area contributed by atoms with Gasteiger partial charge in [-0.3, -0.25) is 4.79 Å². The molecule has 0 saturated carbocycles. The van der Waals surface area contributed by atoms with Gasteiger partial charge in [0.1, 0.15) is 17.6 Å². The molecular formula is C24H18FN3O5S. The third-order valence-corrected chi connectivity index (χ3v) is 6.60. The van der Waals surface area contributed by atoms with E-state index in [9.17, 15) is 28.4 Å². The number of hydrogen-bond donors (Lipinski definition) is 2. The van der Waals surface area contributed by atoms with Crippen molar-refractivity contribution in [2.24, 2.45) is 0 Å². The number of aromatic nitrogens is 2. The fraction of sp³-hybridized carbons (Fsp3) is 0.125. The number of pyridine rings is 1. The Hall–Kier alpha value is -4.23. The fourth-order valence-electron chi connectivity index (χ4n) is 3.98. The Bertz CT molecular complexity index is 1690. The highest BCUT2D eigenvalue weighted by Gasteiger charge is 2.26. The number of nitrogens with one attached hydrogen (secondary N) is 1. The molecule has 0 atom stereocenters. The molecule has 0 aliphatic rings. The molecule has 2 aromatic carbocycles. The molecule has 0 saturated heterocycles. The Morgan fingerprint density at radius 3 is 2.59 bits per heavy atom. The minimum atomic E-state index is -3.77. The number of carboxylic acids is 1. The van der Waals surface area contributed by atoms with Crippen molar-refractivity contribution in [1.82, 2.24) is 9.55 Å². The number of hydrogen-bond acceptors (Lipinski definition) is 5. The lowest BCUT2D eigenvalue weighted by molar-refractivity contribution is 0.0687.